The second kappa shape index (κ2) is 7.50. The molecule has 1 aromatic heterocycles. The van der Waals surface area contributed by atoms with Crippen molar-refractivity contribution in [3.8, 4) is 6.07 Å². The number of sulfonamides is 1. The van der Waals surface area contributed by atoms with Crippen LogP contribution in [0.3, 0.4) is 0 Å². The van der Waals surface area contributed by atoms with Crippen LogP contribution in [0.15, 0.2) is 36.5 Å². The zero-order valence-corrected chi connectivity index (χ0v) is 16.1. The largest absolute Gasteiger partial charge is 0.296 e. The van der Waals surface area contributed by atoms with Crippen molar-refractivity contribution in [2.24, 2.45) is 7.05 Å². The van der Waals surface area contributed by atoms with E-state index < -0.39 is 16.1 Å². The zero-order valence-electron chi connectivity index (χ0n) is 15.2. The molecule has 0 spiro atoms. The second-order valence-corrected chi connectivity index (χ2v) is 8.51. The third kappa shape index (κ3) is 4.02. The van der Waals surface area contributed by atoms with E-state index in [1.165, 1.54) is 4.31 Å². The van der Waals surface area contributed by atoms with Gasteiger partial charge in [0.05, 0.1) is 24.1 Å². The van der Waals surface area contributed by atoms with E-state index in [2.05, 4.69) is 5.10 Å². The first-order chi connectivity index (χ1) is 12.8. The van der Waals surface area contributed by atoms with Gasteiger partial charge in [-0.1, -0.05) is 12.1 Å². The molecule has 2 aromatic rings. The quantitative estimate of drug-likeness (QED) is 0.769. The highest BCUT2D eigenvalue weighted by Gasteiger charge is 2.38. The van der Waals surface area contributed by atoms with Crippen LogP contribution >= 0.6 is 0 Å². The molecule has 0 aliphatic carbocycles. The predicted octanol–water partition coefficient (Wildman–Crippen LogP) is 1.25. The number of nitriles is 1. The minimum Gasteiger partial charge on any atom is -0.296 e. The molecule has 1 atom stereocenters. The van der Waals surface area contributed by atoms with Gasteiger partial charge in [-0.15, -0.1) is 0 Å². The van der Waals surface area contributed by atoms with E-state index in [0.29, 0.717) is 30.8 Å². The average molecular weight is 387 g/mol. The first kappa shape index (κ1) is 19.1. The first-order valence-corrected chi connectivity index (χ1v) is 10.4. The fourth-order valence-corrected chi connectivity index (χ4v) is 4.35. The van der Waals surface area contributed by atoms with Crippen LogP contribution in [0, 0.1) is 11.3 Å². The number of benzene rings is 1. The van der Waals surface area contributed by atoms with E-state index in [4.69, 9.17) is 5.26 Å². The highest BCUT2D eigenvalue weighted by atomic mass is 32.2. The van der Waals surface area contributed by atoms with Gasteiger partial charge in [-0.3, -0.25) is 14.4 Å². The Bertz CT molecular complexity index is 975. The molecule has 0 bridgehead atoms. The monoisotopic (exact) mass is 387 g/mol. The van der Waals surface area contributed by atoms with Crippen LogP contribution < -0.4 is 4.90 Å². The van der Waals surface area contributed by atoms with Crippen molar-refractivity contribution in [1.29, 1.82) is 5.26 Å². The number of amides is 1. The van der Waals surface area contributed by atoms with E-state index in [9.17, 15) is 13.2 Å². The number of aryl methyl sites for hydroxylation is 1. The van der Waals surface area contributed by atoms with Crippen LogP contribution in [-0.2, 0) is 28.4 Å². The zero-order chi connectivity index (χ0) is 19.6. The molecule has 9 heteroatoms. The number of nitrogens with zero attached hydrogens (tertiary/aromatic N) is 5. The summed E-state index contributed by atoms with van der Waals surface area (Å²) in [5, 5.41) is 13.0. The van der Waals surface area contributed by atoms with Gasteiger partial charge in [0.25, 0.3) is 0 Å². The number of carbonyl (C=O) groups is 1. The third-order valence-electron chi connectivity index (χ3n) is 4.68. The molecule has 2 heterocycles. The number of hydrogen-bond donors (Lipinski definition) is 0. The SMILES string of the molecule is Cn1nccc1N1CCC[C@@H](N(Cc2ccc(C#N)cc2)S(C)(=O)=O)C1=O. The van der Waals surface area contributed by atoms with Crippen LogP contribution in [0.2, 0.25) is 0 Å². The molecule has 8 nitrogen and oxygen atoms in total. The Morgan fingerprint density at radius 2 is 2.00 bits per heavy atom. The second-order valence-electron chi connectivity index (χ2n) is 6.58. The molecule has 3 rings (SSSR count). The maximum atomic E-state index is 13.1. The third-order valence-corrected chi connectivity index (χ3v) is 5.91. The molecule has 1 saturated heterocycles. The minimum atomic E-state index is -3.62. The molecule has 1 aromatic carbocycles. The van der Waals surface area contributed by atoms with Crippen LogP contribution in [0.4, 0.5) is 5.82 Å². The van der Waals surface area contributed by atoms with Gasteiger partial charge in [-0.05, 0) is 30.5 Å². The Balaban J connectivity index is 1.89. The maximum absolute atomic E-state index is 13.1. The summed E-state index contributed by atoms with van der Waals surface area (Å²) in [6, 6.07) is 9.71. The smallest absolute Gasteiger partial charge is 0.246 e. The molecule has 1 aliphatic heterocycles. The van der Waals surface area contributed by atoms with Gasteiger partial charge in [0, 0.05) is 26.2 Å². The lowest BCUT2D eigenvalue weighted by atomic mass is 10.0. The van der Waals surface area contributed by atoms with Gasteiger partial charge in [0.1, 0.15) is 11.9 Å². The van der Waals surface area contributed by atoms with Gasteiger partial charge >= 0.3 is 0 Å². The van der Waals surface area contributed by atoms with Crippen molar-refractivity contribution in [3.05, 3.63) is 47.7 Å². The summed E-state index contributed by atoms with van der Waals surface area (Å²) in [5.41, 5.74) is 1.23. The Hall–Kier alpha value is -2.70. The first-order valence-electron chi connectivity index (χ1n) is 8.56. The predicted molar refractivity (Wildman–Crippen MR) is 100 cm³/mol. The van der Waals surface area contributed by atoms with Crippen LogP contribution in [0.1, 0.15) is 24.0 Å². The molecule has 1 amide bonds. The van der Waals surface area contributed by atoms with Crippen molar-refractivity contribution < 1.29 is 13.2 Å². The van der Waals surface area contributed by atoms with E-state index in [1.54, 1.807) is 53.2 Å². The molecule has 1 fully saturated rings. The van der Waals surface area contributed by atoms with Crippen LogP contribution in [0.25, 0.3) is 0 Å². The van der Waals surface area contributed by atoms with Crippen LogP contribution in [0.5, 0.6) is 0 Å². The number of rotatable bonds is 5. The fourth-order valence-electron chi connectivity index (χ4n) is 3.31. The van der Waals surface area contributed by atoms with Gasteiger partial charge in [-0.2, -0.15) is 14.7 Å². The highest BCUT2D eigenvalue weighted by molar-refractivity contribution is 7.88. The molecule has 142 valence electrons. The van der Waals surface area contributed by atoms with E-state index >= 15 is 0 Å². The minimum absolute atomic E-state index is 0.0835. The topological polar surface area (TPSA) is 99.3 Å². The van der Waals surface area contributed by atoms with Gasteiger partial charge in [-0.25, -0.2) is 8.42 Å². The average Bonchev–Trinajstić information content (AvgIpc) is 3.05. The number of carbonyl (C=O) groups excluding carboxylic acids is 1. The molecule has 0 unspecified atom stereocenters. The maximum Gasteiger partial charge on any atom is 0.246 e. The lowest BCUT2D eigenvalue weighted by molar-refractivity contribution is -0.123. The van der Waals surface area contributed by atoms with E-state index in [0.717, 1.165) is 11.8 Å². The van der Waals surface area contributed by atoms with Crippen molar-refractivity contribution in [1.82, 2.24) is 14.1 Å². The standard InChI is InChI=1S/C18H21N5O3S/c1-21-17(9-10-20-21)22-11-3-4-16(18(22)24)23(27(2,25)26)13-15-7-5-14(12-19)6-8-15/h5-10,16H,3-4,11,13H2,1-2H3/t16-/m1/s1. The summed E-state index contributed by atoms with van der Waals surface area (Å²) >= 11 is 0. The lowest BCUT2D eigenvalue weighted by Gasteiger charge is -2.37. The van der Waals surface area contributed by atoms with E-state index in [1.807, 2.05) is 6.07 Å². The number of piperidine rings is 1. The summed E-state index contributed by atoms with van der Waals surface area (Å²) in [6.45, 7) is 0.615. The fraction of sp³-hybridized carbons (Fsp3) is 0.389. The Labute approximate surface area is 158 Å². The molecular weight excluding hydrogens is 366 g/mol. The summed E-state index contributed by atoms with van der Waals surface area (Å²) in [4.78, 5) is 14.7. The molecule has 27 heavy (non-hydrogen) atoms. The van der Waals surface area contributed by atoms with Gasteiger partial charge in [0.15, 0.2) is 0 Å². The normalized spacial score (nSPS) is 17.9. The molecule has 0 saturated carbocycles. The van der Waals surface area contributed by atoms with Crippen molar-refractivity contribution in [2.75, 3.05) is 17.7 Å². The van der Waals surface area contributed by atoms with Gasteiger partial charge in [0.2, 0.25) is 15.9 Å². The summed E-state index contributed by atoms with van der Waals surface area (Å²) in [5.74, 6) is 0.403. The molecular formula is C18H21N5O3S. The van der Waals surface area contributed by atoms with Crippen molar-refractivity contribution >= 4 is 21.7 Å². The molecule has 0 N–H and O–H groups in total. The van der Waals surface area contributed by atoms with Crippen molar-refractivity contribution in [3.63, 3.8) is 0 Å². The number of aromatic nitrogens is 2. The van der Waals surface area contributed by atoms with Crippen LogP contribution in [-0.4, -0.2) is 47.3 Å². The summed E-state index contributed by atoms with van der Waals surface area (Å²) < 4.78 is 27.8. The van der Waals surface area contributed by atoms with Gasteiger partial charge < -0.3 is 0 Å². The molecule has 1 aliphatic rings. The Morgan fingerprint density at radius 3 is 2.56 bits per heavy atom. The Morgan fingerprint density at radius 1 is 1.30 bits per heavy atom. The summed E-state index contributed by atoms with van der Waals surface area (Å²) in [6.07, 6.45) is 3.89. The lowest BCUT2D eigenvalue weighted by Crippen LogP contribution is -2.54. The number of anilines is 1. The van der Waals surface area contributed by atoms with E-state index in [-0.39, 0.29) is 12.5 Å². The molecule has 0 radical (unpaired) electrons. The highest BCUT2D eigenvalue weighted by Crippen LogP contribution is 2.26. The number of hydrogen-bond acceptors (Lipinski definition) is 5. The Kier molecular flexibility index (Phi) is 5.30. The summed E-state index contributed by atoms with van der Waals surface area (Å²) in [7, 11) is -1.87. The van der Waals surface area contributed by atoms with Crippen molar-refractivity contribution in [2.45, 2.75) is 25.4 Å².